The zero-order valence-corrected chi connectivity index (χ0v) is 14.7. The minimum atomic E-state index is -0.279. The minimum absolute atomic E-state index is 0.279. The van der Waals surface area contributed by atoms with Crippen molar-refractivity contribution in [2.75, 3.05) is 13.2 Å². The lowest BCUT2D eigenvalue weighted by molar-refractivity contribution is 0.0526. The van der Waals surface area contributed by atoms with Gasteiger partial charge >= 0.3 is 5.97 Å². The van der Waals surface area contributed by atoms with Gasteiger partial charge in [-0.3, -0.25) is 0 Å². The van der Waals surface area contributed by atoms with Gasteiger partial charge in [-0.2, -0.15) is 0 Å². The van der Waals surface area contributed by atoms with Gasteiger partial charge in [0.2, 0.25) is 0 Å². The van der Waals surface area contributed by atoms with Gasteiger partial charge in [0.15, 0.2) is 0 Å². The predicted molar refractivity (Wildman–Crippen MR) is 95.3 cm³/mol. The molecule has 0 bridgehead atoms. The molecular weight excluding hydrogens is 300 g/mol. The molecule has 1 aromatic rings. The number of carbonyl (C=O) groups excluding carboxylic acids is 1. The first-order valence-corrected chi connectivity index (χ1v) is 9.31. The van der Waals surface area contributed by atoms with Gasteiger partial charge < -0.3 is 9.47 Å². The van der Waals surface area contributed by atoms with Gasteiger partial charge in [-0.05, 0) is 74.3 Å². The van der Waals surface area contributed by atoms with E-state index in [9.17, 15) is 4.79 Å². The van der Waals surface area contributed by atoms with Crippen molar-refractivity contribution in [1.82, 2.24) is 0 Å². The highest BCUT2D eigenvalue weighted by Crippen LogP contribution is 2.45. The molecule has 2 aliphatic rings. The summed E-state index contributed by atoms with van der Waals surface area (Å²) in [7, 11) is 0. The maximum absolute atomic E-state index is 11.7. The van der Waals surface area contributed by atoms with E-state index in [0.717, 1.165) is 12.2 Å². The zero-order valence-electron chi connectivity index (χ0n) is 14.7. The standard InChI is InChI=1S/C21H28O3/c1-2-23-20(22)18-8-10-19(11-9-18)24-16-17-7-6-14-21(15-17)12-4-3-5-13-21/h8-11,15H,2-7,12-14,16H2,1H3. The molecule has 3 nitrogen and oxygen atoms in total. The summed E-state index contributed by atoms with van der Waals surface area (Å²) in [5, 5.41) is 0. The fraction of sp³-hybridized carbons (Fsp3) is 0.571. The third-order valence-electron chi connectivity index (χ3n) is 5.32. The minimum Gasteiger partial charge on any atom is -0.489 e. The number of benzene rings is 1. The number of carbonyl (C=O) groups is 1. The Kier molecular flexibility index (Phi) is 5.60. The molecule has 0 aliphatic heterocycles. The Morgan fingerprint density at radius 1 is 1.04 bits per heavy atom. The van der Waals surface area contributed by atoms with Crippen molar-refractivity contribution in [2.24, 2.45) is 5.41 Å². The van der Waals surface area contributed by atoms with Crippen LogP contribution in [0.1, 0.15) is 68.6 Å². The van der Waals surface area contributed by atoms with Crippen LogP contribution in [-0.4, -0.2) is 19.2 Å². The van der Waals surface area contributed by atoms with Crippen molar-refractivity contribution in [3.63, 3.8) is 0 Å². The number of rotatable bonds is 5. The van der Waals surface area contributed by atoms with Crippen LogP contribution in [-0.2, 0) is 4.74 Å². The first-order valence-electron chi connectivity index (χ1n) is 9.31. The molecule has 0 saturated heterocycles. The fourth-order valence-electron chi connectivity index (χ4n) is 4.09. The van der Waals surface area contributed by atoms with Crippen LogP contribution in [0.4, 0.5) is 0 Å². The summed E-state index contributed by atoms with van der Waals surface area (Å²) in [6.07, 6.45) is 13.2. The molecule has 0 unspecified atom stereocenters. The summed E-state index contributed by atoms with van der Waals surface area (Å²) in [6.45, 7) is 2.87. The Morgan fingerprint density at radius 2 is 1.75 bits per heavy atom. The van der Waals surface area contributed by atoms with Crippen LogP contribution in [0.15, 0.2) is 35.9 Å². The molecule has 2 aliphatic carbocycles. The van der Waals surface area contributed by atoms with E-state index in [0.29, 0.717) is 24.2 Å². The predicted octanol–water partition coefficient (Wildman–Crippen LogP) is 5.30. The first kappa shape index (κ1) is 17.1. The Balaban J connectivity index is 1.58. The van der Waals surface area contributed by atoms with Crippen LogP contribution >= 0.6 is 0 Å². The summed E-state index contributed by atoms with van der Waals surface area (Å²) >= 11 is 0. The SMILES string of the molecule is CCOC(=O)c1ccc(OCC2=CC3(CCCCC3)CCC2)cc1. The molecule has 1 fully saturated rings. The highest BCUT2D eigenvalue weighted by molar-refractivity contribution is 5.89. The van der Waals surface area contributed by atoms with Crippen molar-refractivity contribution < 1.29 is 14.3 Å². The van der Waals surface area contributed by atoms with Crippen LogP contribution in [0.5, 0.6) is 5.75 Å². The average Bonchev–Trinajstić information content (AvgIpc) is 2.61. The number of ether oxygens (including phenoxy) is 2. The van der Waals surface area contributed by atoms with Crippen molar-refractivity contribution >= 4 is 5.97 Å². The smallest absolute Gasteiger partial charge is 0.338 e. The van der Waals surface area contributed by atoms with E-state index in [1.807, 2.05) is 19.1 Å². The maximum atomic E-state index is 11.7. The summed E-state index contributed by atoms with van der Waals surface area (Å²) in [5.74, 6) is 0.533. The van der Waals surface area contributed by atoms with Gasteiger partial charge in [-0.1, -0.05) is 25.3 Å². The van der Waals surface area contributed by atoms with Gasteiger partial charge in [0.25, 0.3) is 0 Å². The van der Waals surface area contributed by atoms with E-state index in [1.165, 1.54) is 50.5 Å². The van der Waals surface area contributed by atoms with E-state index in [2.05, 4.69) is 6.08 Å². The van der Waals surface area contributed by atoms with Crippen LogP contribution in [0.3, 0.4) is 0 Å². The fourth-order valence-corrected chi connectivity index (χ4v) is 4.09. The van der Waals surface area contributed by atoms with Crippen molar-refractivity contribution in [3.8, 4) is 5.75 Å². The molecule has 0 heterocycles. The lowest BCUT2D eigenvalue weighted by atomic mass is 9.67. The van der Waals surface area contributed by atoms with Gasteiger partial charge in [-0.15, -0.1) is 0 Å². The second-order valence-electron chi connectivity index (χ2n) is 7.11. The molecule has 1 aromatic carbocycles. The molecule has 3 heteroatoms. The summed E-state index contributed by atoms with van der Waals surface area (Å²) in [5.41, 5.74) is 2.48. The normalized spacial score (nSPS) is 19.6. The van der Waals surface area contributed by atoms with Gasteiger partial charge in [0, 0.05) is 0 Å². The van der Waals surface area contributed by atoms with Crippen LogP contribution in [0.2, 0.25) is 0 Å². The van der Waals surface area contributed by atoms with Crippen LogP contribution < -0.4 is 4.74 Å². The summed E-state index contributed by atoms with van der Waals surface area (Å²) in [4.78, 5) is 11.7. The van der Waals surface area contributed by atoms with Gasteiger partial charge in [0.1, 0.15) is 12.4 Å². The van der Waals surface area contributed by atoms with Gasteiger partial charge in [-0.25, -0.2) is 4.79 Å². The van der Waals surface area contributed by atoms with Crippen LogP contribution in [0, 0.1) is 5.41 Å². The van der Waals surface area contributed by atoms with Gasteiger partial charge in [0.05, 0.1) is 12.2 Å². The molecule has 0 aromatic heterocycles. The number of allylic oxidation sites excluding steroid dienone is 1. The topological polar surface area (TPSA) is 35.5 Å². The molecule has 130 valence electrons. The van der Waals surface area contributed by atoms with Crippen molar-refractivity contribution in [1.29, 1.82) is 0 Å². The third-order valence-corrected chi connectivity index (χ3v) is 5.32. The molecule has 3 rings (SSSR count). The largest absolute Gasteiger partial charge is 0.489 e. The summed E-state index contributed by atoms with van der Waals surface area (Å²) in [6, 6.07) is 7.24. The molecule has 0 radical (unpaired) electrons. The number of hydrogen-bond acceptors (Lipinski definition) is 3. The van der Waals surface area contributed by atoms with E-state index >= 15 is 0 Å². The van der Waals surface area contributed by atoms with E-state index < -0.39 is 0 Å². The second-order valence-corrected chi connectivity index (χ2v) is 7.11. The Morgan fingerprint density at radius 3 is 2.46 bits per heavy atom. The van der Waals surface area contributed by atoms with E-state index in [4.69, 9.17) is 9.47 Å². The Hall–Kier alpha value is -1.77. The lowest BCUT2D eigenvalue weighted by Crippen LogP contribution is -2.25. The molecule has 1 spiro atoms. The zero-order chi connectivity index (χ0) is 16.8. The van der Waals surface area contributed by atoms with E-state index in [-0.39, 0.29) is 5.97 Å². The third kappa shape index (κ3) is 4.19. The number of hydrogen-bond donors (Lipinski definition) is 0. The molecule has 0 N–H and O–H groups in total. The van der Waals surface area contributed by atoms with Crippen LogP contribution in [0.25, 0.3) is 0 Å². The first-order chi connectivity index (χ1) is 11.7. The average molecular weight is 328 g/mol. The molecule has 0 amide bonds. The molecule has 24 heavy (non-hydrogen) atoms. The maximum Gasteiger partial charge on any atom is 0.338 e. The molecule has 0 atom stereocenters. The summed E-state index contributed by atoms with van der Waals surface area (Å²) < 4.78 is 11.0. The monoisotopic (exact) mass is 328 g/mol. The number of esters is 1. The van der Waals surface area contributed by atoms with E-state index in [1.54, 1.807) is 12.1 Å². The molecular formula is C21H28O3. The highest BCUT2D eigenvalue weighted by atomic mass is 16.5. The quantitative estimate of drug-likeness (QED) is 0.543. The van der Waals surface area contributed by atoms with Crippen molar-refractivity contribution in [3.05, 3.63) is 41.5 Å². The lowest BCUT2D eigenvalue weighted by Gasteiger charge is -2.38. The molecule has 1 saturated carbocycles. The Bertz CT molecular complexity index is 580. The Labute approximate surface area is 145 Å². The van der Waals surface area contributed by atoms with Crippen molar-refractivity contribution in [2.45, 2.75) is 58.3 Å². The highest BCUT2D eigenvalue weighted by Gasteiger charge is 2.32. The second kappa shape index (κ2) is 7.87.